The number of amides is 1. The maximum Gasteiger partial charge on any atom is 0.411 e. The van der Waals surface area contributed by atoms with Crippen molar-refractivity contribution < 1.29 is 23.0 Å². The summed E-state index contributed by atoms with van der Waals surface area (Å²) in [5.41, 5.74) is 2.74. The fraction of sp³-hybridized carbons (Fsp3) is 0.542. The number of halogens is 2. The van der Waals surface area contributed by atoms with Gasteiger partial charge in [0.25, 0.3) is 5.92 Å². The molecule has 0 atom stereocenters. The van der Waals surface area contributed by atoms with Gasteiger partial charge in [0.15, 0.2) is 5.16 Å². The van der Waals surface area contributed by atoms with Gasteiger partial charge in [0.1, 0.15) is 16.8 Å². The van der Waals surface area contributed by atoms with Gasteiger partial charge in [-0.2, -0.15) is 8.78 Å². The van der Waals surface area contributed by atoms with E-state index in [2.05, 4.69) is 9.97 Å². The normalized spacial score (nSPS) is 20.2. The third kappa shape index (κ3) is 3.69. The van der Waals surface area contributed by atoms with Gasteiger partial charge in [-0.15, -0.1) is 0 Å². The second-order valence-electron chi connectivity index (χ2n) is 9.87. The molecular weight excluding hydrogens is 448 g/mol. The van der Waals surface area contributed by atoms with E-state index in [-0.39, 0.29) is 24.6 Å². The third-order valence-electron chi connectivity index (χ3n) is 6.50. The Kier molecular flexibility index (Phi) is 5.21. The number of ether oxygens (including phenoxy) is 2. The Morgan fingerprint density at radius 3 is 2.61 bits per heavy atom. The molecule has 3 aliphatic rings. The molecule has 1 amide bonds. The zero-order valence-corrected chi connectivity index (χ0v) is 20.0. The first kappa shape index (κ1) is 22.5. The third-order valence-corrected chi connectivity index (χ3v) is 7.05. The zero-order valence-electron chi connectivity index (χ0n) is 19.2. The Bertz CT molecular complexity index is 1130. The van der Waals surface area contributed by atoms with Crippen LogP contribution in [0.25, 0.3) is 11.3 Å². The summed E-state index contributed by atoms with van der Waals surface area (Å²) < 4.78 is 40.1. The monoisotopic (exact) mass is 475 g/mol. The Hall–Kier alpha value is -2.26. The van der Waals surface area contributed by atoms with Gasteiger partial charge < -0.3 is 9.47 Å². The van der Waals surface area contributed by atoms with Gasteiger partial charge in [-0.3, -0.25) is 4.90 Å². The van der Waals surface area contributed by atoms with Crippen LogP contribution in [-0.2, 0) is 33.8 Å². The molecule has 1 aliphatic carbocycles. The highest BCUT2D eigenvalue weighted by molar-refractivity contribution is 7.98. The summed E-state index contributed by atoms with van der Waals surface area (Å²) in [5.74, 6) is -2.92. The fourth-order valence-electron chi connectivity index (χ4n) is 4.92. The first-order chi connectivity index (χ1) is 15.5. The van der Waals surface area contributed by atoms with Gasteiger partial charge in [-0.05, 0) is 57.1 Å². The molecule has 2 aliphatic heterocycles. The minimum absolute atomic E-state index is 0.144. The second kappa shape index (κ2) is 7.63. The van der Waals surface area contributed by atoms with Crippen LogP contribution in [0.1, 0.15) is 49.6 Å². The lowest BCUT2D eigenvalue weighted by molar-refractivity contribution is -0.146. The minimum Gasteiger partial charge on any atom is -0.444 e. The Morgan fingerprint density at radius 1 is 1.21 bits per heavy atom. The second-order valence-corrected chi connectivity index (χ2v) is 10.6. The standard InChI is InChI=1S/C24H27F2N3O3S/c1-22(2,3)32-21(30)29-10-8-14-11-15(5-6-17(14)23(29)12-31-13-23)18-16-7-9-24(25,26)19(16)28-20(27-18)33-4/h5-6,11H,7-10,12-13H2,1-4H3. The molecular formula is C24H27F2N3O3S. The van der Waals surface area contributed by atoms with Crippen LogP contribution in [0, 0.1) is 0 Å². The molecule has 1 aromatic carbocycles. The molecule has 1 saturated heterocycles. The molecule has 0 radical (unpaired) electrons. The van der Waals surface area contributed by atoms with Crippen LogP contribution in [-0.4, -0.2) is 52.6 Å². The van der Waals surface area contributed by atoms with E-state index < -0.39 is 17.1 Å². The number of benzene rings is 1. The van der Waals surface area contributed by atoms with Crippen LogP contribution in [0.3, 0.4) is 0 Å². The number of aromatic nitrogens is 2. The van der Waals surface area contributed by atoms with Crippen molar-refractivity contribution in [2.24, 2.45) is 0 Å². The van der Waals surface area contributed by atoms with E-state index >= 15 is 0 Å². The first-order valence-electron chi connectivity index (χ1n) is 11.1. The molecule has 176 valence electrons. The summed E-state index contributed by atoms with van der Waals surface area (Å²) >= 11 is 1.26. The van der Waals surface area contributed by atoms with Crippen molar-refractivity contribution in [2.75, 3.05) is 26.0 Å². The van der Waals surface area contributed by atoms with E-state index in [1.807, 2.05) is 39.0 Å². The molecule has 0 bridgehead atoms. The molecule has 1 aromatic heterocycles. The van der Waals surface area contributed by atoms with E-state index in [4.69, 9.17) is 9.47 Å². The molecule has 1 spiro atoms. The number of thioether (sulfide) groups is 1. The van der Waals surface area contributed by atoms with Crippen molar-refractivity contribution in [3.63, 3.8) is 0 Å². The highest BCUT2D eigenvalue weighted by Crippen LogP contribution is 2.46. The van der Waals surface area contributed by atoms with E-state index in [1.165, 1.54) is 11.8 Å². The number of carbonyl (C=O) groups excluding carboxylic acids is 1. The predicted octanol–water partition coefficient (Wildman–Crippen LogP) is 4.92. The van der Waals surface area contributed by atoms with E-state index in [0.29, 0.717) is 42.6 Å². The van der Waals surface area contributed by atoms with Crippen molar-refractivity contribution in [2.45, 2.75) is 62.3 Å². The smallest absolute Gasteiger partial charge is 0.411 e. The number of hydrogen-bond donors (Lipinski definition) is 0. The van der Waals surface area contributed by atoms with E-state index in [0.717, 1.165) is 16.7 Å². The van der Waals surface area contributed by atoms with Gasteiger partial charge >= 0.3 is 6.09 Å². The van der Waals surface area contributed by atoms with E-state index in [1.54, 1.807) is 11.2 Å². The summed E-state index contributed by atoms with van der Waals surface area (Å²) in [6.45, 7) is 6.88. The number of alkyl halides is 2. The lowest BCUT2D eigenvalue weighted by Crippen LogP contribution is -2.64. The van der Waals surface area contributed by atoms with Gasteiger partial charge in [0.2, 0.25) is 0 Å². The maximum absolute atomic E-state index is 14.5. The van der Waals surface area contributed by atoms with Crippen LogP contribution in [0.2, 0.25) is 0 Å². The largest absolute Gasteiger partial charge is 0.444 e. The zero-order chi connectivity index (χ0) is 23.6. The first-order valence-corrected chi connectivity index (χ1v) is 12.3. The molecule has 2 aromatic rings. The van der Waals surface area contributed by atoms with Gasteiger partial charge in [0, 0.05) is 24.1 Å². The fourth-order valence-corrected chi connectivity index (χ4v) is 5.28. The van der Waals surface area contributed by atoms with Gasteiger partial charge in [-0.1, -0.05) is 23.9 Å². The average molecular weight is 476 g/mol. The molecule has 0 N–H and O–H groups in total. The lowest BCUT2D eigenvalue weighted by Gasteiger charge is -2.52. The summed E-state index contributed by atoms with van der Waals surface area (Å²) in [7, 11) is 0. The van der Waals surface area contributed by atoms with Gasteiger partial charge in [-0.25, -0.2) is 14.8 Å². The van der Waals surface area contributed by atoms with Crippen molar-refractivity contribution in [1.82, 2.24) is 14.9 Å². The lowest BCUT2D eigenvalue weighted by atomic mass is 9.78. The van der Waals surface area contributed by atoms with E-state index in [9.17, 15) is 13.6 Å². The molecule has 1 fully saturated rings. The Morgan fingerprint density at radius 2 is 1.97 bits per heavy atom. The topological polar surface area (TPSA) is 64.6 Å². The quantitative estimate of drug-likeness (QED) is 0.454. The van der Waals surface area contributed by atoms with Crippen molar-refractivity contribution >= 4 is 17.9 Å². The summed E-state index contributed by atoms with van der Waals surface area (Å²) in [6.07, 6.45) is 2.10. The molecule has 6 nitrogen and oxygen atoms in total. The Balaban J connectivity index is 1.54. The number of hydrogen-bond acceptors (Lipinski definition) is 6. The van der Waals surface area contributed by atoms with Crippen molar-refractivity contribution in [3.8, 4) is 11.3 Å². The average Bonchev–Trinajstić information content (AvgIpc) is 3.03. The number of fused-ring (bicyclic) bond motifs is 3. The van der Waals surface area contributed by atoms with Crippen molar-refractivity contribution in [1.29, 1.82) is 0 Å². The van der Waals surface area contributed by atoms with Crippen LogP contribution in [0.4, 0.5) is 13.6 Å². The molecule has 3 heterocycles. The molecule has 0 unspecified atom stereocenters. The summed E-state index contributed by atoms with van der Waals surface area (Å²) in [5, 5.41) is 0.350. The Labute approximate surface area is 196 Å². The number of carbonyl (C=O) groups is 1. The number of rotatable bonds is 2. The van der Waals surface area contributed by atoms with Crippen molar-refractivity contribution in [3.05, 3.63) is 40.6 Å². The molecule has 5 rings (SSSR count). The highest BCUT2D eigenvalue weighted by Gasteiger charge is 2.52. The number of nitrogens with zero attached hydrogens (tertiary/aromatic N) is 3. The maximum atomic E-state index is 14.5. The highest BCUT2D eigenvalue weighted by atomic mass is 32.2. The predicted molar refractivity (Wildman–Crippen MR) is 121 cm³/mol. The molecule has 33 heavy (non-hydrogen) atoms. The van der Waals surface area contributed by atoms with Crippen LogP contribution in [0.5, 0.6) is 0 Å². The SMILES string of the molecule is CSc1nc(-c2ccc3c(c2)CCN(C(=O)OC(C)(C)C)C32COC2)c2c(n1)C(F)(F)CC2. The minimum atomic E-state index is -2.92. The summed E-state index contributed by atoms with van der Waals surface area (Å²) in [6, 6.07) is 5.94. The van der Waals surface area contributed by atoms with Crippen LogP contribution >= 0.6 is 11.8 Å². The molecule has 0 saturated carbocycles. The summed E-state index contributed by atoms with van der Waals surface area (Å²) in [4.78, 5) is 23.5. The van der Waals surface area contributed by atoms with Crippen LogP contribution in [0.15, 0.2) is 23.4 Å². The molecule has 9 heteroatoms. The van der Waals surface area contributed by atoms with Crippen LogP contribution < -0.4 is 0 Å². The van der Waals surface area contributed by atoms with Gasteiger partial charge in [0.05, 0.1) is 18.9 Å².